The Balaban J connectivity index is 0.00000432. The van der Waals surface area contributed by atoms with E-state index in [0.29, 0.717) is 38.3 Å². The van der Waals surface area contributed by atoms with Gasteiger partial charge < -0.3 is 31.1 Å². The number of carbonyl (C=O) groups excluding carboxylic acids is 3. The number of phenols is 1. The van der Waals surface area contributed by atoms with Crippen LogP contribution in [0.2, 0.25) is 0 Å². The standard InChI is InChI=1S/C24H34N4O6.ClH/c29-19-6-4-17(5-7-19)23(33)26-20(14-22(31)32)27-24(34)18-2-1-13-28(15-18)21(30)8-3-16-9-11-25-12-10-16;/h4-7,16,18,20,25,29H,1-3,8-15H2,(H,26,33)(H,27,34)(H,31,32);1H/t18-,20-;/m1./s1. The predicted molar refractivity (Wildman–Crippen MR) is 131 cm³/mol. The van der Waals surface area contributed by atoms with Crippen LogP contribution in [0.5, 0.6) is 5.75 Å². The van der Waals surface area contributed by atoms with Crippen LogP contribution in [0.3, 0.4) is 0 Å². The van der Waals surface area contributed by atoms with Crippen LogP contribution >= 0.6 is 12.4 Å². The van der Waals surface area contributed by atoms with E-state index in [9.17, 15) is 29.4 Å². The van der Waals surface area contributed by atoms with Crippen molar-refractivity contribution in [2.75, 3.05) is 26.2 Å². The molecule has 1 aromatic rings. The molecule has 0 radical (unpaired) electrons. The van der Waals surface area contributed by atoms with Crippen molar-refractivity contribution >= 4 is 36.1 Å². The molecule has 2 fully saturated rings. The van der Waals surface area contributed by atoms with Crippen molar-refractivity contribution in [1.29, 1.82) is 0 Å². The number of nitrogens with one attached hydrogen (secondary N) is 3. The maximum absolute atomic E-state index is 12.9. The van der Waals surface area contributed by atoms with E-state index >= 15 is 0 Å². The number of nitrogens with zero attached hydrogens (tertiary/aromatic N) is 1. The number of hydrogen-bond acceptors (Lipinski definition) is 6. The number of carbonyl (C=O) groups is 4. The average molecular weight is 511 g/mol. The zero-order valence-corrected chi connectivity index (χ0v) is 20.5. The first-order valence-electron chi connectivity index (χ1n) is 11.9. The molecule has 10 nitrogen and oxygen atoms in total. The van der Waals surface area contributed by atoms with Crippen LogP contribution < -0.4 is 16.0 Å². The summed E-state index contributed by atoms with van der Waals surface area (Å²) in [6, 6.07) is 5.49. The molecule has 0 unspecified atom stereocenters. The van der Waals surface area contributed by atoms with Crippen LogP contribution in [0.25, 0.3) is 0 Å². The summed E-state index contributed by atoms with van der Waals surface area (Å²) in [6.07, 6.45) is 3.20. The van der Waals surface area contributed by atoms with Crippen molar-refractivity contribution in [2.45, 2.75) is 51.1 Å². The van der Waals surface area contributed by atoms with Gasteiger partial charge in [0.25, 0.3) is 5.91 Å². The second-order valence-electron chi connectivity index (χ2n) is 9.09. The summed E-state index contributed by atoms with van der Waals surface area (Å²) in [5, 5.41) is 27.1. The molecule has 5 N–H and O–H groups in total. The minimum absolute atomic E-state index is 0. The van der Waals surface area contributed by atoms with Gasteiger partial charge >= 0.3 is 5.97 Å². The van der Waals surface area contributed by atoms with Gasteiger partial charge in [-0.15, -0.1) is 12.4 Å². The fourth-order valence-corrected chi connectivity index (χ4v) is 4.53. The zero-order chi connectivity index (χ0) is 24.5. The SMILES string of the molecule is Cl.O=C(O)C[C@H](NC(=O)c1ccc(O)cc1)NC(=O)[C@@H]1CCCN(C(=O)CCC2CCNCC2)C1. The molecule has 2 saturated heterocycles. The number of carboxylic acid groups (broad SMARTS) is 1. The molecular weight excluding hydrogens is 476 g/mol. The molecular formula is C24H35ClN4O6. The van der Waals surface area contributed by atoms with Crippen molar-refractivity contribution in [3.63, 3.8) is 0 Å². The summed E-state index contributed by atoms with van der Waals surface area (Å²) in [7, 11) is 0. The Morgan fingerprint density at radius 1 is 1.06 bits per heavy atom. The average Bonchev–Trinajstić information content (AvgIpc) is 2.83. The van der Waals surface area contributed by atoms with E-state index in [1.807, 2.05) is 0 Å². The number of rotatable bonds is 9. The summed E-state index contributed by atoms with van der Waals surface area (Å²) < 4.78 is 0. The Morgan fingerprint density at radius 3 is 2.40 bits per heavy atom. The van der Waals surface area contributed by atoms with E-state index in [1.165, 1.54) is 24.3 Å². The lowest BCUT2D eigenvalue weighted by Crippen LogP contribution is -2.53. The number of likely N-dealkylation sites (tertiary alicyclic amines) is 1. The molecule has 2 aliphatic heterocycles. The van der Waals surface area contributed by atoms with Crippen LogP contribution in [0.4, 0.5) is 0 Å². The predicted octanol–water partition coefficient (Wildman–Crippen LogP) is 1.48. The van der Waals surface area contributed by atoms with Crippen LogP contribution in [-0.4, -0.2) is 71.1 Å². The highest BCUT2D eigenvalue weighted by molar-refractivity contribution is 5.95. The second-order valence-corrected chi connectivity index (χ2v) is 9.09. The summed E-state index contributed by atoms with van der Waals surface area (Å²) in [5.74, 6) is -1.97. The number of benzene rings is 1. The molecule has 0 bridgehead atoms. The van der Waals surface area contributed by atoms with Gasteiger partial charge in [-0.2, -0.15) is 0 Å². The molecule has 0 aromatic heterocycles. The molecule has 2 atom stereocenters. The number of hydrogen-bond donors (Lipinski definition) is 5. The van der Waals surface area contributed by atoms with Gasteiger partial charge in [-0.25, -0.2) is 0 Å². The summed E-state index contributed by atoms with van der Waals surface area (Å²) in [5.41, 5.74) is 0.227. The second kappa shape index (κ2) is 13.9. The van der Waals surface area contributed by atoms with Gasteiger partial charge in [0.05, 0.1) is 12.3 Å². The van der Waals surface area contributed by atoms with Crippen LogP contribution in [0.15, 0.2) is 24.3 Å². The monoisotopic (exact) mass is 510 g/mol. The normalized spacial score (nSPS) is 19.2. The molecule has 11 heteroatoms. The van der Waals surface area contributed by atoms with Gasteiger partial charge in [-0.1, -0.05) is 0 Å². The quantitative estimate of drug-likeness (QED) is 0.316. The number of halogens is 1. The summed E-state index contributed by atoms with van der Waals surface area (Å²) in [4.78, 5) is 51.1. The first-order chi connectivity index (χ1) is 16.3. The molecule has 0 aliphatic carbocycles. The van der Waals surface area contributed by atoms with Gasteiger partial charge in [-0.3, -0.25) is 19.2 Å². The topological polar surface area (TPSA) is 148 Å². The van der Waals surface area contributed by atoms with E-state index < -0.39 is 30.4 Å². The Labute approximate surface area is 211 Å². The Kier molecular flexibility index (Phi) is 11.3. The number of amides is 3. The minimum Gasteiger partial charge on any atom is -0.508 e. The molecule has 35 heavy (non-hydrogen) atoms. The zero-order valence-electron chi connectivity index (χ0n) is 19.7. The van der Waals surface area contributed by atoms with Gasteiger partial charge in [0, 0.05) is 25.1 Å². The van der Waals surface area contributed by atoms with Crippen molar-refractivity contribution < 1.29 is 29.4 Å². The summed E-state index contributed by atoms with van der Waals surface area (Å²) in [6.45, 7) is 2.89. The molecule has 3 rings (SSSR count). The molecule has 194 valence electrons. The highest BCUT2D eigenvalue weighted by Gasteiger charge is 2.30. The van der Waals surface area contributed by atoms with Gasteiger partial charge in [0.2, 0.25) is 11.8 Å². The Bertz CT molecular complexity index is 875. The summed E-state index contributed by atoms with van der Waals surface area (Å²) >= 11 is 0. The first kappa shape index (κ1) is 28.4. The highest BCUT2D eigenvalue weighted by Crippen LogP contribution is 2.22. The Hall–Kier alpha value is -2.85. The fraction of sp³-hybridized carbons (Fsp3) is 0.583. The third-order valence-corrected chi connectivity index (χ3v) is 6.50. The third-order valence-electron chi connectivity index (χ3n) is 6.50. The molecule has 3 amide bonds. The van der Waals surface area contributed by atoms with Crippen molar-refractivity contribution in [2.24, 2.45) is 11.8 Å². The lowest BCUT2D eigenvalue weighted by molar-refractivity contribution is -0.138. The third kappa shape index (κ3) is 9.03. The Morgan fingerprint density at radius 2 is 1.74 bits per heavy atom. The number of phenolic OH excluding ortho intramolecular Hbond substituents is 1. The van der Waals surface area contributed by atoms with E-state index in [4.69, 9.17) is 0 Å². The van der Waals surface area contributed by atoms with Gasteiger partial charge in [0.1, 0.15) is 11.9 Å². The van der Waals surface area contributed by atoms with Crippen molar-refractivity contribution in [3.8, 4) is 5.75 Å². The first-order valence-corrected chi connectivity index (χ1v) is 11.9. The maximum atomic E-state index is 12.9. The van der Waals surface area contributed by atoms with E-state index in [1.54, 1.807) is 4.90 Å². The smallest absolute Gasteiger partial charge is 0.307 e. The number of piperidine rings is 2. The minimum atomic E-state index is -1.17. The van der Waals surface area contributed by atoms with Crippen LogP contribution in [0.1, 0.15) is 55.3 Å². The van der Waals surface area contributed by atoms with Crippen LogP contribution in [-0.2, 0) is 14.4 Å². The van der Waals surface area contributed by atoms with E-state index in [2.05, 4.69) is 16.0 Å². The lowest BCUT2D eigenvalue weighted by atomic mass is 9.92. The largest absolute Gasteiger partial charge is 0.508 e. The molecule has 2 aliphatic rings. The molecule has 0 saturated carbocycles. The van der Waals surface area contributed by atoms with Crippen molar-refractivity contribution in [3.05, 3.63) is 29.8 Å². The lowest BCUT2D eigenvalue weighted by Gasteiger charge is -2.33. The maximum Gasteiger partial charge on any atom is 0.307 e. The van der Waals surface area contributed by atoms with Crippen molar-refractivity contribution in [1.82, 2.24) is 20.9 Å². The number of aliphatic carboxylic acids is 1. The van der Waals surface area contributed by atoms with Gasteiger partial charge in [-0.05, 0) is 75.4 Å². The highest BCUT2D eigenvalue weighted by atomic mass is 35.5. The fourth-order valence-electron chi connectivity index (χ4n) is 4.53. The van der Waals surface area contributed by atoms with Gasteiger partial charge in [0.15, 0.2) is 0 Å². The van der Waals surface area contributed by atoms with Crippen LogP contribution in [0, 0.1) is 11.8 Å². The molecule has 0 spiro atoms. The number of carboxylic acids is 1. The molecule has 1 aromatic carbocycles. The molecule has 2 heterocycles. The van der Waals surface area contributed by atoms with E-state index in [-0.39, 0.29) is 35.5 Å². The van der Waals surface area contributed by atoms with E-state index in [0.717, 1.165) is 32.4 Å². The number of aromatic hydroxyl groups is 1.